The Morgan fingerprint density at radius 1 is 1.15 bits per heavy atom. The van der Waals surface area contributed by atoms with Crippen molar-refractivity contribution in [1.82, 2.24) is 14.9 Å². The number of alkyl halides is 3. The second-order valence-corrected chi connectivity index (χ2v) is 10.5. The first kappa shape index (κ1) is 18.4. The second-order valence-electron chi connectivity index (χ2n) is 8.13. The Kier molecular flexibility index (Phi) is 4.44. The number of hydrogen-bond donors (Lipinski definition) is 2. The summed E-state index contributed by atoms with van der Waals surface area (Å²) in [6.45, 7) is 0. The SMILES string of the molecule is O=C(N[C@H](n1ccc(=O)[nH]c1=O)C(Cl)(Cl)Cl)C12CC3CC(CC(C3)C1)C2. The number of rotatable bonds is 3. The minimum atomic E-state index is -1.94. The van der Waals surface area contributed by atoms with Crippen molar-refractivity contribution in [3.63, 3.8) is 0 Å². The summed E-state index contributed by atoms with van der Waals surface area (Å²) in [5.74, 6) is 1.61. The van der Waals surface area contributed by atoms with Crippen LogP contribution in [0, 0.1) is 23.2 Å². The van der Waals surface area contributed by atoms with Crippen molar-refractivity contribution >= 4 is 40.7 Å². The molecule has 0 saturated heterocycles. The van der Waals surface area contributed by atoms with Crippen LogP contribution in [0.3, 0.4) is 0 Å². The number of H-pyrrole nitrogens is 1. The van der Waals surface area contributed by atoms with Crippen LogP contribution in [0.2, 0.25) is 0 Å². The number of aromatic nitrogens is 2. The first-order valence-electron chi connectivity index (χ1n) is 8.85. The Morgan fingerprint density at radius 2 is 1.69 bits per heavy atom. The molecular formula is C17H20Cl3N3O3. The smallest absolute Gasteiger partial charge is 0.330 e. The molecular weight excluding hydrogens is 401 g/mol. The average Bonchev–Trinajstić information content (AvgIpc) is 2.50. The Labute approximate surface area is 165 Å². The summed E-state index contributed by atoms with van der Waals surface area (Å²) in [6.07, 6.45) is 6.23. The predicted octanol–water partition coefficient (Wildman–Crippen LogP) is 2.74. The Morgan fingerprint density at radius 3 is 2.15 bits per heavy atom. The number of nitrogens with zero attached hydrogens (tertiary/aromatic N) is 1. The maximum Gasteiger partial charge on any atom is 0.330 e. The molecule has 142 valence electrons. The number of carbonyl (C=O) groups is 1. The highest BCUT2D eigenvalue weighted by Crippen LogP contribution is 2.60. The summed E-state index contributed by atoms with van der Waals surface area (Å²) in [6, 6.07) is 1.15. The van der Waals surface area contributed by atoms with Crippen molar-refractivity contribution in [3.05, 3.63) is 33.1 Å². The van der Waals surface area contributed by atoms with Crippen LogP contribution in [0.15, 0.2) is 21.9 Å². The normalized spacial score (nSPS) is 33.9. The van der Waals surface area contributed by atoms with E-state index in [1.165, 1.54) is 25.5 Å². The molecule has 4 fully saturated rings. The van der Waals surface area contributed by atoms with E-state index in [1.54, 1.807) is 0 Å². The monoisotopic (exact) mass is 419 g/mol. The van der Waals surface area contributed by atoms with Gasteiger partial charge in [0.05, 0.1) is 5.41 Å². The summed E-state index contributed by atoms with van der Waals surface area (Å²) < 4.78 is -0.896. The quantitative estimate of drug-likeness (QED) is 0.738. The van der Waals surface area contributed by atoms with Crippen LogP contribution in [-0.4, -0.2) is 19.3 Å². The van der Waals surface area contributed by atoms with E-state index in [1.807, 2.05) is 0 Å². The van der Waals surface area contributed by atoms with Crippen LogP contribution in [-0.2, 0) is 4.79 Å². The molecule has 26 heavy (non-hydrogen) atoms. The van der Waals surface area contributed by atoms with Gasteiger partial charge in [-0.25, -0.2) is 4.79 Å². The van der Waals surface area contributed by atoms with Gasteiger partial charge in [0.1, 0.15) is 0 Å². The number of hydrogen-bond acceptors (Lipinski definition) is 3. The lowest BCUT2D eigenvalue weighted by Crippen LogP contribution is -2.56. The summed E-state index contributed by atoms with van der Waals surface area (Å²) in [5.41, 5.74) is -1.73. The van der Waals surface area contributed by atoms with Gasteiger partial charge >= 0.3 is 5.69 Å². The second kappa shape index (κ2) is 6.28. The molecule has 1 aromatic heterocycles. The summed E-state index contributed by atoms with van der Waals surface area (Å²) in [4.78, 5) is 38.8. The molecule has 4 bridgehead atoms. The summed E-state index contributed by atoms with van der Waals surface area (Å²) >= 11 is 18.2. The fourth-order valence-corrected chi connectivity index (χ4v) is 6.08. The minimum Gasteiger partial charge on any atom is -0.331 e. The van der Waals surface area contributed by atoms with Crippen LogP contribution < -0.4 is 16.6 Å². The van der Waals surface area contributed by atoms with E-state index in [-0.39, 0.29) is 5.91 Å². The zero-order valence-corrected chi connectivity index (χ0v) is 16.3. The zero-order chi connectivity index (χ0) is 18.7. The number of halogens is 3. The molecule has 9 heteroatoms. The topological polar surface area (TPSA) is 84.0 Å². The van der Waals surface area contributed by atoms with Gasteiger partial charge < -0.3 is 5.32 Å². The summed E-state index contributed by atoms with van der Waals surface area (Å²) in [7, 11) is 0. The lowest BCUT2D eigenvalue weighted by atomic mass is 9.49. The molecule has 0 aromatic carbocycles. The molecule has 4 saturated carbocycles. The van der Waals surface area contributed by atoms with Crippen molar-refractivity contribution in [2.75, 3.05) is 0 Å². The molecule has 0 unspecified atom stereocenters. The lowest BCUT2D eigenvalue weighted by molar-refractivity contribution is -0.147. The van der Waals surface area contributed by atoms with Gasteiger partial charge in [-0.1, -0.05) is 34.8 Å². The van der Waals surface area contributed by atoms with E-state index in [9.17, 15) is 14.4 Å². The number of carbonyl (C=O) groups excluding carboxylic acids is 1. The van der Waals surface area contributed by atoms with Gasteiger partial charge in [0.15, 0.2) is 6.17 Å². The molecule has 0 aliphatic heterocycles. The predicted molar refractivity (Wildman–Crippen MR) is 99.4 cm³/mol. The van der Waals surface area contributed by atoms with Crippen LogP contribution in [0.4, 0.5) is 0 Å². The van der Waals surface area contributed by atoms with Crippen LogP contribution >= 0.6 is 34.8 Å². The molecule has 0 spiro atoms. The van der Waals surface area contributed by atoms with Crippen molar-refractivity contribution < 1.29 is 4.79 Å². The van der Waals surface area contributed by atoms with Gasteiger partial charge in [-0.3, -0.25) is 19.1 Å². The number of amides is 1. The molecule has 4 aliphatic carbocycles. The maximum atomic E-state index is 13.2. The van der Waals surface area contributed by atoms with Gasteiger partial charge in [0, 0.05) is 12.3 Å². The van der Waals surface area contributed by atoms with E-state index < -0.39 is 26.6 Å². The fourth-order valence-electron chi connectivity index (χ4n) is 5.61. The fraction of sp³-hybridized carbons (Fsp3) is 0.706. The molecule has 2 N–H and O–H groups in total. The molecule has 4 aliphatic rings. The van der Waals surface area contributed by atoms with Gasteiger partial charge in [-0.2, -0.15) is 0 Å². The molecule has 0 radical (unpaired) electrons. The van der Waals surface area contributed by atoms with Gasteiger partial charge in [-0.05, 0) is 56.3 Å². The van der Waals surface area contributed by atoms with Gasteiger partial charge in [-0.15, -0.1) is 0 Å². The van der Waals surface area contributed by atoms with E-state index >= 15 is 0 Å². The van der Waals surface area contributed by atoms with Crippen LogP contribution in [0.1, 0.15) is 44.7 Å². The average molecular weight is 421 g/mol. The lowest BCUT2D eigenvalue weighted by Gasteiger charge is -2.56. The van der Waals surface area contributed by atoms with Crippen molar-refractivity contribution in [2.45, 2.75) is 48.5 Å². The Balaban J connectivity index is 1.63. The maximum absolute atomic E-state index is 13.2. The first-order valence-corrected chi connectivity index (χ1v) is 9.99. The zero-order valence-electron chi connectivity index (χ0n) is 14.0. The van der Waals surface area contributed by atoms with E-state index in [0.717, 1.165) is 29.9 Å². The van der Waals surface area contributed by atoms with Crippen LogP contribution in [0.25, 0.3) is 0 Å². The highest BCUT2D eigenvalue weighted by Gasteiger charge is 2.55. The first-order chi connectivity index (χ1) is 12.2. The highest BCUT2D eigenvalue weighted by atomic mass is 35.6. The standard InChI is InChI=1S/C17H20Cl3N3O3/c18-17(19,20)13(23-2-1-12(24)21-15(23)26)22-14(25)16-6-9-3-10(7-16)5-11(4-9)8-16/h1-2,9-11,13H,3-8H2,(H,22,25)(H,21,24,26)/t9?,10?,11?,13-,16?/m1/s1. The van der Waals surface area contributed by atoms with Crippen LogP contribution in [0.5, 0.6) is 0 Å². The Hall–Kier alpha value is -0.980. The molecule has 1 amide bonds. The van der Waals surface area contributed by atoms with Gasteiger partial charge in [0.25, 0.3) is 5.56 Å². The third-order valence-electron chi connectivity index (χ3n) is 6.23. The molecule has 1 aromatic rings. The molecule has 1 atom stereocenters. The third-order valence-corrected chi connectivity index (χ3v) is 6.85. The summed E-state index contributed by atoms with van der Waals surface area (Å²) in [5, 5.41) is 2.80. The molecule has 5 rings (SSSR count). The number of aromatic amines is 1. The molecule has 6 nitrogen and oxygen atoms in total. The minimum absolute atomic E-state index is 0.161. The van der Waals surface area contributed by atoms with E-state index in [4.69, 9.17) is 34.8 Å². The Bertz CT molecular complexity index is 807. The third kappa shape index (κ3) is 3.20. The molecule has 1 heterocycles. The van der Waals surface area contributed by atoms with Crippen molar-refractivity contribution in [1.29, 1.82) is 0 Å². The van der Waals surface area contributed by atoms with Crippen molar-refractivity contribution in [2.24, 2.45) is 23.2 Å². The van der Waals surface area contributed by atoms with E-state index in [2.05, 4.69) is 10.3 Å². The highest BCUT2D eigenvalue weighted by molar-refractivity contribution is 6.67. The largest absolute Gasteiger partial charge is 0.331 e. The number of nitrogens with one attached hydrogen (secondary N) is 2. The van der Waals surface area contributed by atoms with Crippen molar-refractivity contribution in [3.8, 4) is 0 Å². The van der Waals surface area contributed by atoms with Gasteiger partial charge in [0.2, 0.25) is 9.70 Å². The van der Waals surface area contributed by atoms with E-state index in [0.29, 0.717) is 17.8 Å².